The molecule has 6 nitrogen and oxygen atoms in total. The SMILES string of the molecule is COc1ccc(N2C(=O)CSC2c2ccc(NC(=O)c3ccc4ccccc4c3)cc2)c(OC)c1. The molecule has 7 heteroatoms. The molecule has 1 fully saturated rings. The summed E-state index contributed by atoms with van der Waals surface area (Å²) in [6.45, 7) is 0. The van der Waals surface area contributed by atoms with E-state index in [-0.39, 0.29) is 17.2 Å². The van der Waals surface area contributed by atoms with Crippen LogP contribution in [-0.2, 0) is 4.79 Å². The number of fused-ring (bicyclic) bond motifs is 1. The summed E-state index contributed by atoms with van der Waals surface area (Å²) in [7, 11) is 3.17. The maximum Gasteiger partial charge on any atom is 0.255 e. The normalized spacial score (nSPS) is 15.3. The second kappa shape index (κ2) is 9.72. The zero-order valence-electron chi connectivity index (χ0n) is 19.4. The van der Waals surface area contributed by atoms with E-state index in [4.69, 9.17) is 9.47 Å². The molecule has 1 saturated heterocycles. The standard InChI is InChI=1S/C28H24N2O4S/c1-33-23-13-14-24(25(16-23)34-2)30-26(31)17-35-28(30)19-9-11-22(12-10-19)29-27(32)21-8-7-18-5-3-4-6-20(18)15-21/h3-16,28H,17H2,1-2H3,(H,29,32). The Bertz CT molecular complexity index is 1400. The second-order valence-electron chi connectivity index (χ2n) is 8.10. The fraction of sp³-hybridized carbons (Fsp3) is 0.143. The molecule has 1 atom stereocenters. The number of carbonyl (C=O) groups excluding carboxylic acids is 2. The lowest BCUT2D eigenvalue weighted by molar-refractivity contribution is -0.115. The van der Waals surface area contributed by atoms with Crippen molar-refractivity contribution in [3.05, 3.63) is 96.1 Å². The molecule has 0 saturated carbocycles. The van der Waals surface area contributed by atoms with Gasteiger partial charge in [0.05, 0.1) is 25.7 Å². The quantitative estimate of drug-likeness (QED) is 0.370. The lowest BCUT2D eigenvalue weighted by Crippen LogP contribution is -2.28. The minimum Gasteiger partial charge on any atom is -0.497 e. The molecule has 4 aromatic carbocycles. The van der Waals surface area contributed by atoms with Crippen LogP contribution >= 0.6 is 11.8 Å². The van der Waals surface area contributed by atoms with Crippen LogP contribution in [0.3, 0.4) is 0 Å². The Labute approximate surface area is 207 Å². The minimum absolute atomic E-state index is 0.0113. The van der Waals surface area contributed by atoms with Crippen molar-refractivity contribution < 1.29 is 19.1 Å². The number of rotatable bonds is 6. The number of ether oxygens (including phenoxy) is 2. The van der Waals surface area contributed by atoms with Gasteiger partial charge in [0.2, 0.25) is 5.91 Å². The van der Waals surface area contributed by atoms with Crippen molar-refractivity contribution in [2.75, 3.05) is 30.2 Å². The number of methoxy groups -OCH3 is 2. The topological polar surface area (TPSA) is 67.9 Å². The van der Waals surface area contributed by atoms with Gasteiger partial charge in [0, 0.05) is 17.3 Å². The molecule has 0 radical (unpaired) electrons. The van der Waals surface area contributed by atoms with E-state index >= 15 is 0 Å². The van der Waals surface area contributed by atoms with E-state index in [1.54, 1.807) is 36.9 Å². The number of nitrogens with zero attached hydrogens (tertiary/aromatic N) is 1. The Balaban J connectivity index is 1.35. The number of anilines is 2. The van der Waals surface area contributed by atoms with Crippen LogP contribution in [0.15, 0.2) is 84.9 Å². The molecule has 176 valence electrons. The summed E-state index contributed by atoms with van der Waals surface area (Å²) in [5.74, 6) is 1.45. The fourth-order valence-electron chi connectivity index (χ4n) is 4.18. The molecule has 1 N–H and O–H groups in total. The van der Waals surface area contributed by atoms with Crippen LogP contribution in [0.5, 0.6) is 11.5 Å². The summed E-state index contributed by atoms with van der Waals surface area (Å²) in [5.41, 5.74) is 2.95. The van der Waals surface area contributed by atoms with Crippen LogP contribution in [0.4, 0.5) is 11.4 Å². The fourth-order valence-corrected chi connectivity index (χ4v) is 5.35. The van der Waals surface area contributed by atoms with Crippen LogP contribution in [0.1, 0.15) is 21.3 Å². The highest BCUT2D eigenvalue weighted by molar-refractivity contribution is 8.00. The number of benzene rings is 4. The third-order valence-electron chi connectivity index (χ3n) is 5.98. The van der Waals surface area contributed by atoms with Crippen LogP contribution in [-0.4, -0.2) is 31.8 Å². The van der Waals surface area contributed by atoms with Crippen molar-refractivity contribution in [1.29, 1.82) is 0 Å². The van der Waals surface area contributed by atoms with Gasteiger partial charge in [-0.15, -0.1) is 11.8 Å². The van der Waals surface area contributed by atoms with E-state index in [2.05, 4.69) is 5.32 Å². The Morgan fingerprint density at radius 1 is 0.914 bits per heavy atom. The van der Waals surface area contributed by atoms with Gasteiger partial charge in [-0.25, -0.2) is 0 Å². The van der Waals surface area contributed by atoms with Gasteiger partial charge in [-0.05, 0) is 52.7 Å². The zero-order chi connectivity index (χ0) is 24.4. The predicted molar refractivity (Wildman–Crippen MR) is 141 cm³/mol. The number of carbonyl (C=O) groups is 2. The van der Waals surface area contributed by atoms with Crippen molar-refractivity contribution >= 4 is 45.7 Å². The molecule has 0 bridgehead atoms. The van der Waals surface area contributed by atoms with E-state index in [0.29, 0.717) is 34.2 Å². The predicted octanol–water partition coefficient (Wildman–Crippen LogP) is 5.89. The smallest absolute Gasteiger partial charge is 0.255 e. The first kappa shape index (κ1) is 22.8. The first-order valence-corrected chi connectivity index (χ1v) is 12.2. The largest absolute Gasteiger partial charge is 0.497 e. The van der Waals surface area contributed by atoms with E-state index in [0.717, 1.165) is 16.3 Å². The first-order valence-electron chi connectivity index (χ1n) is 11.1. The van der Waals surface area contributed by atoms with Crippen LogP contribution < -0.4 is 19.7 Å². The summed E-state index contributed by atoms with van der Waals surface area (Å²) < 4.78 is 10.8. The van der Waals surface area contributed by atoms with Gasteiger partial charge in [-0.3, -0.25) is 14.5 Å². The lowest BCUT2D eigenvalue weighted by atomic mass is 10.1. The number of thioether (sulfide) groups is 1. The number of hydrogen-bond donors (Lipinski definition) is 1. The monoisotopic (exact) mass is 484 g/mol. The molecule has 1 aliphatic rings. The molecule has 1 unspecified atom stereocenters. The van der Waals surface area contributed by atoms with E-state index in [9.17, 15) is 9.59 Å². The molecule has 0 aromatic heterocycles. The van der Waals surface area contributed by atoms with Gasteiger partial charge in [-0.1, -0.05) is 42.5 Å². The number of hydrogen-bond acceptors (Lipinski definition) is 5. The summed E-state index contributed by atoms with van der Waals surface area (Å²) in [4.78, 5) is 27.4. The molecule has 5 rings (SSSR count). The lowest BCUT2D eigenvalue weighted by Gasteiger charge is -2.26. The first-order chi connectivity index (χ1) is 17.1. The van der Waals surface area contributed by atoms with Crippen molar-refractivity contribution in [2.45, 2.75) is 5.37 Å². The molecule has 0 aliphatic carbocycles. The molecule has 1 heterocycles. The molecule has 0 spiro atoms. The maximum absolute atomic E-state index is 12.8. The van der Waals surface area contributed by atoms with Crippen LogP contribution in [0, 0.1) is 0 Å². The third kappa shape index (κ3) is 4.55. The van der Waals surface area contributed by atoms with E-state index < -0.39 is 0 Å². The molecular formula is C28H24N2O4S. The Kier molecular flexibility index (Phi) is 6.33. The van der Waals surface area contributed by atoms with Crippen molar-refractivity contribution in [3.8, 4) is 11.5 Å². The van der Waals surface area contributed by atoms with Gasteiger partial charge in [0.25, 0.3) is 5.91 Å². The van der Waals surface area contributed by atoms with Crippen LogP contribution in [0.2, 0.25) is 0 Å². The highest BCUT2D eigenvalue weighted by atomic mass is 32.2. The van der Waals surface area contributed by atoms with Gasteiger partial charge in [0.1, 0.15) is 16.9 Å². The van der Waals surface area contributed by atoms with Gasteiger partial charge in [0.15, 0.2) is 0 Å². The summed E-state index contributed by atoms with van der Waals surface area (Å²) in [5, 5.41) is 4.88. The Morgan fingerprint density at radius 2 is 1.69 bits per heavy atom. The summed E-state index contributed by atoms with van der Waals surface area (Å²) in [6.07, 6.45) is 0. The highest BCUT2D eigenvalue weighted by Gasteiger charge is 2.35. The third-order valence-corrected chi connectivity index (χ3v) is 7.19. The summed E-state index contributed by atoms with van der Waals surface area (Å²) in [6, 6.07) is 26.6. The van der Waals surface area contributed by atoms with Gasteiger partial charge < -0.3 is 14.8 Å². The minimum atomic E-state index is -0.199. The molecule has 1 aliphatic heterocycles. The zero-order valence-corrected chi connectivity index (χ0v) is 20.2. The van der Waals surface area contributed by atoms with E-state index in [1.165, 1.54) is 0 Å². The average molecular weight is 485 g/mol. The Morgan fingerprint density at radius 3 is 2.43 bits per heavy atom. The Hall–Kier alpha value is -3.97. The summed E-state index contributed by atoms with van der Waals surface area (Å²) >= 11 is 1.56. The van der Waals surface area contributed by atoms with Gasteiger partial charge in [-0.2, -0.15) is 0 Å². The second-order valence-corrected chi connectivity index (χ2v) is 9.17. The van der Waals surface area contributed by atoms with Crippen molar-refractivity contribution in [2.24, 2.45) is 0 Å². The molecular weight excluding hydrogens is 460 g/mol. The van der Waals surface area contributed by atoms with Crippen LogP contribution in [0.25, 0.3) is 10.8 Å². The maximum atomic E-state index is 12.8. The van der Waals surface area contributed by atoms with Gasteiger partial charge >= 0.3 is 0 Å². The molecule has 4 aromatic rings. The van der Waals surface area contributed by atoms with E-state index in [1.807, 2.05) is 78.9 Å². The number of nitrogens with one attached hydrogen (secondary N) is 1. The molecule has 35 heavy (non-hydrogen) atoms. The average Bonchev–Trinajstić information content (AvgIpc) is 3.29. The highest BCUT2D eigenvalue weighted by Crippen LogP contribution is 2.45. The van der Waals surface area contributed by atoms with Crippen molar-refractivity contribution in [3.63, 3.8) is 0 Å². The van der Waals surface area contributed by atoms with Crippen molar-refractivity contribution in [1.82, 2.24) is 0 Å². The molecule has 2 amide bonds. The number of amides is 2.